The number of amides is 2. The van der Waals surface area contributed by atoms with Crippen LogP contribution in [-0.4, -0.2) is 39.2 Å². The highest BCUT2D eigenvalue weighted by molar-refractivity contribution is 6.02. The van der Waals surface area contributed by atoms with E-state index in [9.17, 15) is 14.0 Å². The summed E-state index contributed by atoms with van der Waals surface area (Å²) in [6.07, 6.45) is 0.509. The van der Waals surface area contributed by atoms with Crippen LogP contribution in [0.4, 0.5) is 10.1 Å². The Morgan fingerprint density at radius 2 is 2.00 bits per heavy atom. The average molecular weight is 407 g/mol. The van der Waals surface area contributed by atoms with E-state index >= 15 is 0 Å². The minimum atomic E-state index is -0.449. The maximum Gasteiger partial charge on any atom is 0.274 e. The molecule has 0 bridgehead atoms. The predicted octanol–water partition coefficient (Wildman–Crippen LogP) is 3.15. The Kier molecular flexibility index (Phi) is 5.34. The van der Waals surface area contributed by atoms with Crippen molar-refractivity contribution in [3.05, 3.63) is 65.8 Å². The molecule has 2 aromatic carbocycles. The van der Waals surface area contributed by atoms with Crippen molar-refractivity contribution in [1.82, 2.24) is 15.1 Å². The Bertz CT molecular complexity index is 1130. The number of hydrogen-bond acceptors (Lipinski definition) is 6. The molecule has 1 aliphatic heterocycles. The minimum Gasteiger partial charge on any atom is -0.332 e. The molecule has 4 rings (SSSR count). The molecule has 0 saturated heterocycles. The fraction of sp³-hybridized carbons (Fsp3) is 0.190. The second kappa shape index (κ2) is 8.24. The van der Waals surface area contributed by atoms with Crippen LogP contribution in [0.5, 0.6) is 0 Å². The van der Waals surface area contributed by atoms with Crippen molar-refractivity contribution < 1.29 is 18.5 Å². The molecule has 3 aromatic rings. The van der Waals surface area contributed by atoms with Crippen molar-refractivity contribution in [1.29, 1.82) is 0 Å². The Hall–Kier alpha value is -3.88. The van der Waals surface area contributed by atoms with Gasteiger partial charge < -0.3 is 9.84 Å². The summed E-state index contributed by atoms with van der Waals surface area (Å²) in [5.74, 6) is -0.466. The number of aryl methyl sites for hydroxylation is 1. The van der Waals surface area contributed by atoms with Gasteiger partial charge in [0, 0.05) is 24.1 Å². The van der Waals surface area contributed by atoms with Gasteiger partial charge >= 0.3 is 0 Å². The second-order valence-electron chi connectivity index (χ2n) is 6.80. The zero-order valence-electron chi connectivity index (χ0n) is 16.1. The highest BCUT2D eigenvalue weighted by atomic mass is 19.1. The summed E-state index contributed by atoms with van der Waals surface area (Å²) < 4.78 is 18.7. The summed E-state index contributed by atoms with van der Waals surface area (Å²) in [7, 11) is 0. The van der Waals surface area contributed by atoms with E-state index in [1.54, 1.807) is 6.92 Å². The number of hydrogen-bond donors (Lipinski definition) is 1. The Morgan fingerprint density at radius 1 is 1.20 bits per heavy atom. The number of hydrazone groups is 1. The van der Waals surface area contributed by atoms with Gasteiger partial charge in [0.05, 0.1) is 0 Å². The molecular formula is C21H18FN5O3. The maximum absolute atomic E-state index is 13.4. The summed E-state index contributed by atoms with van der Waals surface area (Å²) in [6, 6.07) is 13.6. The molecule has 1 aliphatic rings. The number of halogens is 1. The maximum atomic E-state index is 13.4. The summed E-state index contributed by atoms with van der Waals surface area (Å²) in [6.45, 7) is 1.32. The molecule has 8 nitrogen and oxygen atoms in total. The Morgan fingerprint density at radius 3 is 2.77 bits per heavy atom. The van der Waals surface area contributed by atoms with Crippen molar-refractivity contribution in [2.24, 2.45) is 5.10 Å². The van der Waals surface area contributed by atoms with Gasteiger partial charge in [0.25, 0.3) is 5.89 Å². The summed E-state index contributed by atoms with van der Waals surface area (Å²) in [5, 5.41) is 11.9. The van der Waals surface area contributed by atoms with E-state index in [0.717, 1.165) is 10.6 Å². The number of benzene rings is 2. The topological polar surface area (TPSA) is 101 Å². The van der Waals surface area contributed by atoms with E-state index < -0.39 is 5.91 Å². The van der Waals surface area contributed by atoms with E-state index in [0.29, 0.717) is 29.2 Å². The van der Waals surface area contributed by atoms with Crippen molar-refractivity contribution in [2.75, 3.05) is 11.9 Å². The quantitative estimate of drug-likeness (QED) is 0.700. The van der Waals surface area contributed by atoms with Gasteiger partial charge in [0.1, 0.15) is 18.1 Å². The third-order valence-corrected chi connectivity index (χ3v) is 4.54. The molecule has 0 spiro atoms. The lowest BCUT2D eigenvalue weighted by Gasteiger charge is -2.21. The van der Waals surface area contributed by atoms with Crippen LogP contribution in [-0.2, 0) is 9.59 Å². The average Bonchev–Trinajstić information content (AvgIpc) is 3.23. The predicted molar refractivity (Wildman–Crippen MR) is 107 cm³/mol. The zero-order chi connectivity index (χ0) is 21.1. The van der Waals surface area contributed by atoms with Gasteiger partial charge in [-0.3, -0.25) is 9.59 Å². The number of rotatable bonds is 5. The molecule has 2 heterocycles. The SMILES string of the molecule is Cc1cc(NC(=O)CN2N=C(c3nc(-c4ccccc4)no3)CCC2=O)ccc1F. The number of nitrogens with zero attached hydrogens (tertiary/aromatic N) is 4. The van der Waals surface area contributed by atoms with Crippen molar-refractivity contribution in [2.45, 2.75) is 19.8 Å². The standard InChI is InChI=1S/C21H18FN5O3/c1-13-11-15(7-8-16(13)22)23-18(28)12-27-19(29)10-9-17(25-27)21-24-20(26-30-21)14-5-3-2-4-6-14/h2-8,11H,9-10,12H2,1H3,(H,23,28). The van der Waals surface area contributed by atoms with Gasteiger partial charge in [-0.05, 0) is 30.7 Å². The highest BCUT2D eigenvalue weighted by Gasteiger charge is 2.26. The van der Waals surface area contributed by atoms with Crippen LogP contribution < -0.4 is 5.32 Å². The number of carbonyl (C=O) groups excluding carboxylic acids is 2. The minimum absolute atomic E-state index is 0.171. The van der Waals surface area contributed by atoms with E-state index in [4.69, 9.17) is 4.52 Å². The summed E-state index contributed by atoms with van der Waals surface area (Å²) >= 11 is 0. The molecule has 0 unspecified atom stereocenters. The lowest BCUT2D eigenvalue weighted by molar-refractivity contribution is -0.135. The first kappa shape index (κ1) is 19.4. The fourth-order valence-corrected chi connectivity index (χ4v) is 2.98. The molecule has 30 heavy (non-hydrogen) atoms. The van der Waals surface area contributed by atoms with Gasteiger partial charge in [0.15, 0.2) is 0 Å². The first-order chi connectivity index (χ1) is 14.5. The Labute approximate surface area is 171 Å². The van der Waals surface area contributed by atoms with Gasteiger partial charge in [-0.15, -0.1) is 0 Å². The molecule has 0 fully saturated rings. The second-order valence-corrected chi connectivity index (χ2v) is 6.80. The van der Waals surface area contributed by atoms with Gasteiger partial charge in [-0.2, -0.15) is 10.1 Å². The molecule has 0 radical (unpaired) electrons. The number of nitrogens with one attached hydrogen (secondary N) is 1. The largest absolute Gasteiger partial charge is 0.332 e. The number of carbonyl (C=O) groups is 2. The Balaban J connectivity index is 1.47. The monoisotopic (exact) mass is 407 g/mol. The lowest BCUT2D eigenvalue weighted by atomic mass is 10.1. The third kappa shape index (κ3) is 4.24. The zero-order valence-corrected chi connectivity index (χ0v) is 16.1. The molecule has 2 amide bonds. The van der Waals surface area contributed by atoms with Crippen molar-refractivity contribution in [3.8, 4) is 11.4 Å². The molecule has 1 N–H and O–H groups in total. The van der Waals surface area contributed by atoms with E-state index in [2.05, 4.69) is 20.6 Å². The van der Waals surface area contributed by atoms with Gasteiger partial charge in [-0.1, -0.05) is 35.5 Å². The smallest absolute Gasteiger partial charge is 0.274 e. The van der Waals surface area contributed by atoms with E-state index in [1.807, 2.05) is 30.3 Å². The summed E-state index contributed by atoms with van der Waals surface area (Å²) in [5.41, 5.74) is 2.09. The molecule has 152 valence electrons. The first-order valence-electron chi connectivity index (χ1n) is 9.33. The molecule has 0 saturated carbocycles. The van der Waals surface area contributed by atoms with Crippen LogP contribution in [0.2, 0.25) is 0 Å². The molecule has 9 heteroatoms. The third-order valence-electron chi connectivity index (χ3n) is 4.54. The highest BCUT2D eigenvalue weighted by Crippen LogP contribution is 2.19. The normalized spacial score (nSPS) is 13.9. The van der Waals surface area contributed by atoms with Crippen LogP contribution in [0.1, 0.15) is 24.3 Å². The van der Waals surface area contributed by atoms with Crippen molar-refractivity contribution >= 4 is 23.2 Å². The van der Waals surface area contributed by atoms with E-state index in [1.165, 1.54) is 18.2 Å². The molecule has 0 aliphatic carbocycles. The van der Waals surface area contributed by atoms with Crippen LogP contribution in [0, 0.1) is 12.7 Å². The fourth-order valence-electron chi connectivity index (χ4n) is 2.98. The van der Waals surface area contributed by atoms with Gasteiger partial charge in [-0.25, -0.2) is 9.40 Å². The molecular weight excluding hydrogens is 389 g/mol. The van der Waals surface area contributed by atoms with Crippen LogP contribution >= 0.6 is 0 Å². The van der Waals surface area contributed by atoms with Gasteiger partial charge in [0.2, 0.25) is 17.6 Å². The summed E-state index contributed by atoms with van der Waals surface area (Å²) in [4.78, 5) is 28.9. The van der Waals surface area contributed by atoms with Crippen LogP contribution in [0.3, 0.4) is 0 Å². The number of anilines is 1. The lowest BCUT2D eigenvalue weighted by Crippen LogP contribution is -2.38. The number of aromatic nitrogens is 2. The molecule has 1 aromatic heterocycles. The first-order valence-corrected chi connectivity index (χ1v) is 9.33. The molecule has 0 atom stereocenters. The van der Waals surface area contributed by atoms with Crippen LogP contribution in [0.15, 0.2) is 58.2 Å². The van der Waals surface area contributed by atoms with Crippen molar-refractivity contribution in [3.63, 3.8) is 0 Å². The van der Waals surface area contributed by atoms with Crippen LogP contribution in [0.25, 0.3) is 11.4 Å². The van der Waals surface area contributed by atoms with E-state index in [-0.39, 0.29) is 30.6 Å².